The molecule has 0 radical (unpaired) electrons. The minimum absolute atomic E-state index is 0.677. The van der Waals surface area contributed by atoms with Crippen LogP contribution in [-0.2, 0) is 6.54 Å². The van der Waals surface area contributed by atoms with Gasteiger partial charge in [-0.05, 0) is 12.1 Å². The van der Waals surface area contributed by atoms with Crippen LogP contribution in [0.2, 0.25) is 0 Å². The molecule has 4 heteroatoms. The van der Waals surface area contributed by atoms with E-state index in [0.717, 1.165) is 12.1 Å². The van der Waals surface area contributed by atoms with Crippen LogP contribution >= 0.6 is 0 Å². The molecule has 4 nitrogen and oxygen atoms in total. The Balaban J connectivity index is 0.000000138. The molecule has 92 valence electrons. The Labute approximate surface area is 106 Å². The van der Waals surface area contributed by atoms with Crippen LogP contribution in [0.3, 0.4) is 0 Å². The SMILES string of the molecule is NCCn1ccnc1.c1ccc2ncccc2c1. The van der Waals surface area contributed by atoms with E-state index in [-0.39, 0.29) is 0 Å². The van der Waals surface area contributed by atoms with Crippen LogP contribution in [0.5, 0.6) is 0 Å². The molecule has 0 saturated heterocycles. The molecule has 0 saturated carbocycles. The molecule has 0 aliphatic rings. The van der Waals surface area contributed by atoms with Gasteiger partial charge in [0.15, 0.2) is 0 Å². The summed E-state index contributed by atoms with van der Waals surface area (Å²) in [6, 6.07) is 12.1. The highest BCUT2D eigenvalue weighted by Gasteiger charge is 1.86. The predicted molar refractivity (Wildman–Crippen MR) is 73.0 cm³/mol. The fraction of sp³-hybridized carbons (Fsp3) is 0.143. The summed E-state index contributed by atoms with van der Waals surface area (Å²) in [4.78, 5) is 8.03. The lowest BCUT2D eigenvalue weighted by atomic mass is 10.2. The molecule has 0 aliphatic heterocycles. The van der Waals surface area contributed by atoms with Crippen molar-refractivity contribution in [3.8, 4) is 0 Å². The van der Waals surface area contributed by atoms with Gasteiger partial charge in [0.25, 0.3) is 0 Å². The lowest BCUT2D eigenvalue weighted by molar-refractivity contribution is 0.708. The van der Waals surface area contributed by atoms with E-state index in [0.29, 0.717) is 6.54 Å². The third kappa shape index (κ3) is 3.40. The molecule has 2 aromatic heterocycles. The second-order valence-corrected chi connectivity index (χ2v) is 3.79. The smallest absolute Gasteiger partial charge is 0.0946 e. The zero-order chi connectivity index (χ0) is 12.6. The lowest BCUT2D eigenvalue weighted by Crippen LogP contribution is -2.07. The molecule has 3 rings (SSSR count). The molecule has 0 unspecified atom stereocenters. The van der Waals surface area contributed by atoms with Crippen molar-refractivity contribution in [3.05, 3.63) is 61.3 Å². The first-order valence-electron chi connectivity index (χ1n) is 5.86. The van der Waals surface area contributed by atoms with Crippen LogP contribution < -0.4 is 5.73 Å². The van der Waals surface area contributed by atoms with Gasteiger partial charge in [0.1, 0.15) is 0 Å². The Morgan fingerprint density at radius 3 is 2.61 bits per heavy atom. The number of nitrogens with two attached hydrogens (primary N) is 1. The second-order valence-electron chi connectivity index (χ2n) is 3.79. The summed E-state index contributed by atoms with van der Waals surface area (Å²) in [5.41, 5.74) is 6.33. The van der Waals surface area contributed by atoms with Crippen LogP contribution in [0.1, 0.15) is 0 Å². The van der Waals surface area contributed by atoms with Gasteiger partial charge in [-0.15, -0.1) is 0 Å². The van der Waals surface area contributed by atoms with Gasteiger partial charge in [0.05, 0.1) is 11.8 Å². The molecule has 18 heavy (non-hydrogen) atoms. The number of pyridine rings is 1. The van der Waals surface area contributed by atoms with Crippen molar-refractivity contribution in [3.63, 3.8) is 0 Å². The maximum Gasteiger partial charge on any atom is 0.0946 e. The number of benzene rings is 1. The Kier molecular flexibility index (Phi) is 4.44. The Morgan fingerprint density at radius 1 is 1.06 bits per heavy atom. The molecule has 0 spiro atoms. The van der Waals surface area contributed by atoms with Crippen molar-refractivity contribution in [2.24, 2.45) is 5.73 Å². The minimum Gasteiger partial charge on any atom is -0.336 e. The van der Waals surface area contributed by atoms with Gasteiger partial charge >= 0.3 is 0 Å². The summed E-state index contributed by atoms with van der Waals surface area (Å²) in [5, 5.41) is 1.20. The van der Waals surface area contributed by atoms with Crippen molar-refractivity contribution in [2.45, 2.75) is 6.54 Å². The largest absolute Gasteiger partial charge is 0.336 e. The van der Waals surface area contributed by atoms with E-state index in [1.54, 1.807) is 12.5 Å². The quantitative estimate of drug-likeness (QED) is 0.746. The molecule has 3 aromatic rings. The van der Waals surface area contributed by atoms with E-state index in [4.69, 9.17) is 5.73 Å². The standard InChI is InChI=1S/C9H7N.C5H9N3/c1-2-6-9-8(4-1)5-3-7-10-9;6-1-3-8-4-2-7-5-8/h1-7H;2,4-5H,1,3,6H2. The first-order valence-corrected chi connectivity index (χ1v) is 5.86. The van der Waals surface area contributed by atoms with Gasteiger partial charge < -0.3 is 10.3 Å². The molecule has 1 aromatic carbocycles. The molecular formula is C14H16N4. The van der Waals surface area contributed by atoms with Crippen LogP contribution in [0, 0.1) is 0 Å². The molecule has 0 fully saturated rings. The van der Waals surface area contributed by atoms with Crippen molar-refractivity contribution < 1.29 is 0 Å². The number of hydrogen-bond donors (Lipinski definition) is 1. The number of hydrogen-bond acceptors (Lipinski definition) is 3. The molecule has 0 amide bonds. The molecule has 2 N–H and O–H groups in total. The van der Waals surface area contributed by atoms with Gasteiger partial charge in [0, 0.05) is 37.1 Å². The number of fused-ring (bicyclic) bond motifs is 1. The number of para-hydroxylation sites is 1. The summed E-state index contributed by atoms with van der Waals surface area (Å²) in [7, 11) is 0. The third-order valence-electron chi connectivity index (χ3n) is 2.46. The first kappa shape index (κ1) is 12.3. The van der Waals surface area contributed by atoms with Crippen LogP contribution in [-0.4, -0.2) is 21.1 Å². The predicted octanol–water partition coefficient (Wildman–Crippen LogP) is 2.08. The van der Waals surface area contributed by atoms with Gasteiger partial charge in [-0.3, -0.25) is 4.98 Å². The van der Waals surface area contributed by atoms with Crippen molar-refractivity contribution in [1.82, 2.24) is 14.5 Å². The Bertz CT molecular complexity index is 510. The van der Waals surface area contributed by atoms with Gasteiger partial charge in [-0.1, -0.05) is 24.3 Å². The summed E-state index contributed by atoms with van der Waals surface area (Å²) < 4.78 is 1.94. The molecule has 0 bridgehead atoms. The summed E-state index contributed by atoms with van der Waals surface area (Å²) in [6.07, 6.45) is 7.21. The van der Waals surface area contributed by atoms with Crippen LogP contribution in [0.25, 0.3) is 10.9 Å². The van der Waals surface area contributed by atoms with Crippen molar-refractivity contribution in [1.29, 1.82) is 0 Å². The maximum absolute atomic E-state index is 5.27. The number of rotatable bonds is 2. The number of imidazole rings is 1. The zero-order valence-corrected chi connectivity index (χ0v) is 10.1. The van der Waals surface area contributed by atoms with Crippen LogP contribution in [0.15, 0.2) is 61.3 Å². The van der Waals surface area contributed by atoms with E-state index in [2.05, 4.69) is 22.1 Å². The molecule has 2 heterocycles. The average molecular weight is 240 g/mol. The number of nitrogens with zero attached hydrogens (tertiary/aromatic N) is 3. The average Bonchev–Trinajstić information content (AvgIpc) is 2.93. The number of aromatic nitrogens is 3. The molecule has 0 atom stereocenters. The monoisotopic (exact) mass is 240 g/mol. The normalized spacial score (nSPS) is 9.83. The topological polar surface area (TPSA) is 56.7 Å². The van der Waals surface area contributed by atoms with Crippen LogP contribution in [0.4, 0.5) is 0 Å². The lowest BCUT2D eigenvalue weighted by Gasteiger charge is -1.93. The second kappa shape index (κ2) is 6.51. The highest BCUT2D eigenvalue weighted by Crippen LogP contribution is 2.07. The molecular weight excluding hydrogens is 224 g/mol. The maximum atomic E-state index is 5.27. The summed E-state index contributed by atoms with van der Waals surface area (Å²) in [6.45, 7) is 1.54. The van der Waals surface area contributed by atoms with Gasteiger partial charge in [-0.25, -0.2) is 4.98 Å². The van der Waals surface area contributed by atoms with E-state index in [9.17, 15) is 0 Å². The van der Waals surface area contributed by atoms with E-state index in [1.165, 1.54) is 5.39 Å². The van der Waals surface area contributed by atoms with Crippen molar-refractivity contribution >= 4 is 10.9 Å². The highest BCUT2D eigenvalue weighted by molar-refractivity contribution is 5.77. The minimum atomic E-state index is 0.677. The fourth-order valence-electron chi connectivity index (χ4n) is 1.58. The van der Waals surface area contributed by atoms with Crippen molar-refractivity contribution in [2.75, 3.05) is 6.54 Å². The van der Waals surface area contributed by atoms with E-state index in [1.807, 2.05) is 41.2 Å². The first-order chi connectivity index (χ1) is 8.90. The van der Waals surface area contributed by atoms with E-state index < -0.39 is 0 Å². The Morgan fingerprint density at radius 2 is 1.89 bits per heavy atom. The highest BCUT2D eigenvalue weighted by atomic mass is 15.0. The Hall–Kier alpha value is -2.20. The van der Waals surface area contributed by atoms with E-state index >= 15 is 0 Å². The van der Waals surface area contributed by atoms with Gasteiger partial charge in [0.2, 0.25) is 0 Å². The summed E-state index contributed by atoms with van der Waals surface area (Å²) in [5.74, 6) is 0. The fourth-order valence-corrected chi connectivity index (χ4v) is 1.58. The third-order valence-corrected chi connectivity index (χ3v) is 2.46. The zero-order valence-electron chi connectivity index (χ0n) is 10.1. The molecule has 0 aliphatic carbocycles. The van der Waals surface area contributed by atoms with Gasteiger partial charge in [-0.2, -0.15) is 0 Å². The summed E-state index contributed by atoms with van der Waals surface area (Å²) >= 11 is 0.